The molecule has 0 fully saturated rings. The Morgan fingerprint density at radius 2 is 1.96 bits per heavy atom. The van der Waals surface area contributed by atoms with E-state index in [2.05, 4.69) is 59.3 Å². The van der Waals surface area contributed by atoms with Crippen molar-refractivity contribution in [2.24, 2.45) is 0 Å². The van der Waals surface area contributed by atoms with Crippen LogP contribution >= 0.6 is 11.8 Å². The Bertz CT molecular complexity index is 983. The molecule has 4 aromatic rings. The molecule has 3 aromatic heterocycles. The van der Waals surface area contributed by atoms with Crippen molar-refractivity contribution in [1.82, 2.24) is 18.9 Å². The summed E-state index contributed by atoms with van der Waals surface area (Å²) in [5, 5.41) is 1.06. The summed E-state index contributed by atoms with van der Waals surface area (Å²) in [6, 6.07) is 12.4. The van der Waals surface area contributed by atoms with Crippen LogP contribution in [0.25, 0.3) is 16.7 Å². The fourth-order valence-electron chi connectivity index (χ4n) is 2.88. The maximum Gasteiger partial charge on any atom is 0.169 e. The summed E-state index contributed by atoms with van der Waals surface area (Å²) in [4.78, 5) is 9.50. The van der Waals surface area contributed by atoms with Crippen molar-refractivity contribution in [3.8, 4) is 0 Å². The number of aryl methyl sites for hydroxylation is 2. The van der Waals surface area contributed by atoms with Crippen molar-refractivity contribution in [1.29, 1.82) is 0 Å². The van der Waals surface area contributed by atoms with Gasteiger partial charge in [0.05, 0.1) is 16.7 Å². The van der Waals surface area contributed by atoms with Crippen LogP contribution < -0.4 is 0 Å². The maximum absolute atomic E-state index is 4.76. The molecule has 0 N–H and O–H groups in total. The molecule has 5 heteroatoms. The minimum Gasteiger partial charge on any atom is -0.319 e. The van der Waals surface area contributed by atoms with Crippen molar-refractivity contribution >= 4 is 28.4 Å². The van der Waals surface area contributed by atoms with Gasteiger partial charge in [0.1, 0.15) is 5.65 Å². The lowest BCUT2D eigenvalue weighted by Gasteiger charge is -2.04. The van der Waals surface area contributed by atoms with Gasteiger partial charge in [-0.2, -0.15) is 0 Å². The molecule has 0 atom stereocenters. The molecule has 3 heterocycles. The molecule has 1 aromatic carbocycles. The monoisotopic (exact) mass is 322 g/mol. The smallest absolute Gasteiger partial charge is 0.169 e. The minimum absolute atomic E-state index is 0.824. The number of aromatic nitrogens is 4. The van der Waals surface area contributed by atoms with E-state index < -0.39 is 0 Å². The van der Waals surface area contributed by atoms with E-state index in [1.165, 1.54) is 11.1 Å². The molecular formula is C18H18N4S. The molecule has 23 heavy (non-hydrogen) atoms. The second kappa shape index (κ2) is 5.74. The number of rotatable bonds is 4. The number of hydrogen-bond donors (Lipinski definition) is 0. The van der Waals surface area contributed by atoms with E-state index in [9.17, 15) is 0 Å². The van der Waals surface area contributed by atoms with Gasteiger partial charge in [-0.15, -0.1) is 0 Å². The van der Waals surface area contributed by atoms with Crippen LogP contribution in [0.5, 0.6) is 0 Å². The summed E-state index contributed by atoms with van der Waals surface area (Å²) >= 11 is 1.75. The highest BCUT2D eigenvalue weighted by Gasteiger charge is 2.11. The Hall–Kier alpha value is -2.27. The van der Waals surface area contributed by atoms with Gasteiger partial charge in [-0.25, -0.2) is 9.97 Å². The first-order valence-electron chi connectivity index (χ1n) is 7.77. The lowest BCUT2D eigenvalue weighted by Crippen LogP contribution is -1.96. The zero-order valence-corrected chi connectivity index (χ0v) is 14.0. The Morgan fingerprint density at radius 3 is 2.78 bits per heavy atom. The Morgan fingerprint density at radius 1 is 1.09 bits per heavy atom. The fourth-order valence-corrected chi connectivity index (χ4v) is 3.84. The zero-order valence-electron chi connectivity index (χ0n) is 13.2. The van der Waals surface area contributed by atoms with Crippen molar-refractivity contribution in [3.05, 3.63) is 60.0 Å². The summed E-state index contributed by atoms with van der Waals surface area (Å²) in [6.45, 7) is 5.18. The van der Waals surface area contributed by atoms with Crippen LogP contribution in [0.3, 0.4) is 0 Å². The lowest BCUT2D eigenvalue weighted by atomic mass is 10.3. The van der Waals surface area contributed by atoms with E-state index in [-0.39, 0.29) is 0 Å². The highest BCUT2D eigenvalue weighted by Crippen LogP contribution is 2.26. The van der Waals surface area contributed by atoms with Crippen molar-refractivity contribution in [3.63, 3.8) is 0 Å². The number of pyridine rings is 1. The summed E-state index contributed by atoms with van der Waals surface area (Å²) < 4.78 is 4.36. The number of thioether (sulfide) groups is 1. The topological polar surface area (TPSA) is 35.1 Å². The molecule has 4 nitrogen and oxygen atoms in total. The van der Waals surface area contributed by atoms with Crippen LogP contribution in [-0.4, -0.2) is 18.9 Å². The standard InChI is InChI=1S/C18H18N4S/c1-3-22-16-9-5-4-8-15(16)20-18(22)23-12-14-11-21-10-6-7-13(2)17(21)19-14/h4-11H,3,12H2,1-2H3. The average Bonchev–Trinajstić information content (AvgIpc) is 3.14. The van der Waals surface area contributed by atoms with Gasteiger partial charge in [-0.05, 0) is 37.6 Å². The van der Waals surface area contributed by atoms with Gasteiger partial charge in [0.2, 0.25) is 0 Å². The van der Waals surface area contributed by atoms with Gasteiger partial charge in [0.25, 0.3) is 0 Å². The molecule has 0 aliphatic carbocycles. The predicted molar refractivity (Wildman–Crippen MR) is 94.9 cm³/mol. The molecule has 116 valence electrons. The van der Waals surface area contributed by atoms with E-state index in [0.29, 0.717) is 0 Å². The van der Waals surface area contributed by atoms with Gasteiger partial charge >= 0.3 is 0 Å². The van der Waals surface area contributed by atoms with Crippen molar-refractivity contribution in [2.45, 2.75) is 31.3 Å². The minimum atomic E-state index is 0.824. The average molecular weight is 322 g/mol. The number of nitrogens with zero attached hydrogens (tertiary/aromatic N) is 4. The Kier molecular flexibility index (Phi) is 3.58. The second-order valence-corrected chi connectivity index (χ2v) is 6.51. The predicted octanol–water partition coefficient (Wildman–Crippen LogP) is 4.30. The van der Waals surface area contributed by atoms with Crippen molar-refractivity contribution in [2.75, 3.05) is 0 Å². The van der Waals surface area contributed by atoms with Crippen LogP contribution in [-0.2, 0) is 12.3 Å². The third-order valence-corrected chi connectivity index (χ3v) is 5.02. The van der Waals surface area contributed by atoms with E-state index in [0.717, 1.165) is 34.3 Å². The second-order valence-electron chi connectivity index (χ2n) is 5.57. The van der Waals surface area contributed by atoms with Gasteiger partial charge in [0, 0.05) is 24.7 Å². The van der Waals surface area contributed by atoms with E-state index in [1.807, 2.05) is 12.3 Å². The van der Waals surface area contributed by atoms with E-state index in [4.69, 9.17) is 9.97 Å². The van der Waals surface area contributed by atoms with E-state index >= 15 is 0 Å². The number of imidazole rings is 2. The molecule has 0 spiro atoms. The third-order valence-electron chi connectivity index (χ3n) is 4.01. The zero-order chi connectivity index (χ0) is 15.8. The first-order valence-corrected chi connectivity index (χ1v) is 8.76. The molecule has 0 unspecified atom stereocenters. The first-order chi connectivity index (χ1) is 11.3. The Balaban J connectivity index is 1.64. The number of para-hydroxylation sites is 2. The molecular weight excluding hydrogens is 304 g/mol. The summed E-state index contributed by atoms with van der Waals surface area (Å²) in [7, 11) is 0. The maximum atomic E-state index is 4.76. The molecule has 0 aliphatic rings. The van der Waals surface area contributed by atoms with Crippen LogP contribution in [0.2, 0.25) is 0 Å². The first kappa shape index (κ1) is 14.3. The van der Waals surface area contributed by atoms with Crippen LogP contribution in [0.15, 0.2) is 53.9 Å². The molecule has 0 bridgehead atoms. The molecule has 0 aliphatic heterocycles. The SMILES string of the molecule is CCn1c(SCc2cn3cccc(C)c3n2)nc2ccccc21. The molecule has 0 saturated heterocycles. The molecule has 0 saturated carbocycles. The van der Waals surface area contributed by atoms with Crippen molar-refractivity contribution < 1.29 is 0 Å². The van der Waals surface area contributed by atoms with E-state index in [1.54, 1.807) is 11.8 Å². The largest absolute Gasteiger partial charge is 0.319 e. The Labute approximate surface area is 139 Å². The van der Waals surface area contributed by atoms with Crippen LogP contribution in [0.1, 0.15) is 18.2 Å². The summed E-state index contributed by atoms with van der Waals surface area (Å²) in [5.74, 6) is 0.824. The highest BCUT2D eigenvalue weighted by molar-refractivity contribution is 7.98. The van der Waals surface area contributed by atoms with Crippen LogP contribution in [0, 0.1) is 6.92 Å². The van der Waals surface area contributed by atoms with Crippen LogP contribution in [0.4, 0.5) is 0 Å². The lowest BCUT2D eigenvalue weighted by molar-refractivity contribution is 0.702. The highest BCUT2D eigenvalue weighted by atomic mass is 32.2. The van der Waals surface area contributed by atoms with Gasteiger partial charge in [-0.1, -0.05) is 30.0 Å². The number of fused-ring (bicyclic) bond motifs is 2. The normalized spacial score (nSPS) is 11.6. The molecule has 0 radical (unpaired) electrons. The summed E-state index contributed by atoms with van der Waals surface area (Å²) in [6.07, 6.45) is 4.15. The van der Waals surface area contributed by atoms with Gasteiger partial charge in [-0.3, -0.25) is 0 Å². The summed E-state index contributed by atoms with van der Waals surface area (Å²) in [5.41, 5.74) is 5.57. The fraction of sp³-hybridized carbons (Fsp3) is 0.222. The number of benzene rings is 1. The quantitative estimate of drug-likeness (QED) is 0.525. The number of hydrogen-bond acceptors (Lipinski definition) is 3. The molecule has 0 amide bonds. The third kappa shape index (κ3) is 2.51. The van der Waals surface area contributed by atoms with Gasteiger partial charge < -0.3 is 8.97 Å². The van der Waals surface area contributed by atoms with Gasteiger partial charge in [0.15, 0.2) is 5.16 Å². The molecule has 4 rings (SSSR count).